The first-order valence-corrected chi connectivity index (χ1v) is 7.63. The fourth-order valence-corrected chi connectivity index (χ4v) is 4.41. The van der Waals surface area contributed by atoms with E-state index in [-0.39, 0.29) is 5.75 Å². The van der Waals surface area contributed by atoms with Gasteiger partial charge < -0.3 is 5.73 Å². The average molecular weight is 285 g/mol. The number of benzene rings is 1. The lowest BCUT2D eigenvalue weighted by Gasteiger charge is -2.00. The molecular weight excluding hydrogens is 272 g/mol. The highest BCUT2D eigenvalue weighted by Gasteiger charge is 2.69. The molecule has 1 aliphatic carbocycles. The molecule has 0 radical (unpaired) electrons. The lowest BCUT2D eigenvalue weighted by molar-refractivity contribution is 0.593. The van der Waals surface area contributed by atoms with Gasteiger partial charge in [0, 0.05) is 16.7 Å². The molecule has 0 aromatic heterocycles. The van der Waals surface area contributed by atoms with Crippen LogP contribution in [0.25, 0.3) is 0 Å². The van der Waals surface area contributed by atoms with Crippen LogP contribution in [0, 0.1) is 11.3 Å². The molecule has 0 bridgehead atoms. The predicted octanol–water partition coefficient (Wildman–Crippen LogP) is 1.46. The molecule has 0 heterocycles. The van der Waals surface area contributed by atoms with Crippen LogP contribution in [0.4, 0.5) is 0 Å². The number of hydrogen-bond donors (Lipinski definition) is 1. The summed E-state index contributed by atoms with van der Waals surface area (Å²) in [5.74, 6) is -0.513. The van der Waals surface area contributed by atoms with Gasteiger partial charge in [-0.25, -0.2) is 8.42 Å². The van der Waals surface area contributed by atoms with Gasteiger partial charge in [0.1, 0.15) is 10.8 Å². The Morgan fingerprint density at radius 2 is 2.22 bits per heavy atom. The molecule has 3 atom stereocenters. The second kappa shape index (κ2) is 4.23. The van der Waals surface area contributed by atoms with Crippen LogP contribution in [0.2, 0.25) is 5.02 Å². The van der Waals surface area contributed by atoms with Gasteiger partial charge in [0.2, 0.25) is 0 Å². The maximum atomic E-state index is 11.9. The first kappa shape index (κ1) is 13.3. The molecule has 0 unspecified atom stereocenters. The van der Waals surface area contributed by atoms with Crippen LogP contribution in [0.3, 0.4) is 0 Å². The summed E-state index contributed by atoms with van der Waals surface area (Å²) in [7, 11) is -3.35. The van der Waals surface area contributed by atoms with Crippen molar-refractivity contribution in [2.75, 3.05) is 5.75 Å². The third-order valence-electron chi connectivity index (χ3n) is 3.37. The standard InChI is InChI=1S/C12H13ClN2O2S/c1-2-18(16,17)11-10(12(11,15)7-14)8-4-3-5-9(13)6-8/h3-6,10-11H,2,15H2,1H3/t10-,11-,12+/m1/s1. The summed E-state index contributed by atoms with van der Waals surface area (Å²) in [4.78, 5) is 0. The van der Waals surface area contributed by atoms with Gasteiger partial charge >= 0.3 is 0 Å². The molecule has 4 nitrogen and oxygen atoms in total. The fourth-order valence-electron chi connectivity index (χ4n) is 2.34. The van der Waals surface area contributed by atoms with Crippen molar-refractivity contribution in [3.05, 3.63) is 34.9 Å². The number of hydrogen-bond acceptors (Lipinski definition) is 4. The molecule has 96 valence electrons. The van der Waals surface area contributed by atoms with E-state index in [0.29, 0.717) is 10.6 Å². The topological polar surface area (TPSA) is 83.9 Å². The van der Waals surface area contributed by atoms with Crippen LogP contribution in [0.15, 0.2) is 24.3 Å². The van der Waals surface area contributed by atoms with E-state index in [2.05, 4.69) is 0 Å². The van der Waals surface area contributed by atoms with Gasteiger partial charge in [-0.2, -0.15) is 5.26 Å². The highest BCUT2D eigenvalue weighted by Crippen LogP contribution is 2.54. The van der Waals surface area contributed by atoms with Gasteiger partial charge in [0.15, 0.2) is 9.84 Å². The largest absolute Gasteiger partial charge is 0.312 e. The zero-order valence-electron chi connectivity index (χ0n) is 9.80. The number of nitrogens with zero attached hydrogens (tertiary/aromatic N) is 1. The summed E-state index contributed by atoms with van der Waals surface area (Å²) in [6.45, 7) is 1.56. The maximum absolute atomic E-state index is 11.9. The Hall–Kier alpha value is -1.09. The van der Waals surface area contributed by atoms with E-state index >= 15 is 0 Å². The van der Waals surface area contributed by atoms with Crippen molar-refractivity contribution >= 4 is 21.4 Å². The van der Waals surface area contributed by atoms with E-state index in [4.69, 9.17) is 22.6 Å². The van der Waals surface area contributed by atoms with Crippen molar-refractivity contribution < 1.29 is 8.42 Å². The van der Waals surface area contributed by atoms with Crippen LogP contribution in [-0.4, -0.2) is 25.0 Å². The Labute approximate surface area is 111 Å². The Morgan fingerprint density at radius 1 is 1.56 bits per heavy atom. The summed E-state index contributed by atoms with van der Waals surface area (Å²) in [6, 6.07) is 8.76. The number of rotatable bonds is 3. The Kier molecular flexibility index (Phi) is 3.14. The van der Waals surface area contributed by atoms with Crippen LogP contribution < -0.4 is 5.73 Å². The lowest BCUT2D eigenvalue weighted by Crippen LogP contribution is -2.29. The second-order valence-corrected chi connectivity index (χ2v) is 7.30. The third kappa shape index (κ3) is 1.91. The van der Waals surface area contributed by atoms with Crippen molar-refractivity contribution in [1.29, 1.82) is 5.26 Å². The SMILES string of the molecule is CCS(=O)(=O)[C@@H]1[C@@H](c2cccc(Cl)c2)[C@@]1(N)C#N. The number of nitrogens with two attached hydrogens (primary N) is 1. The van der Waals surface area contributed by atoms with Crippen molar-refractivity contribution in [1.82, 2.24) is 0 Å². The van der Waals surface area contributed by atoms with Crippen LogP contribution in [0.1, 0.15) is 18.4 Å². The molecular formula is C12H13ClN2O2S. The molecule has 0 aliphatic heterocycles. The molecule has 2 N–H and O–H groups in total. The van der Waals surface area contributed by atoms with Gasteiger partial charge in [-0.05, 0) is 17.7 Å². The molecule has 1 aliphatic rings. The Morgan fingerprint density at radius 3 is 2.72 bits per heavy atom. The number of halogens is 1. The second-order valence-electron chi connectivity index (χ2n) is 4.45. The predicted molar refractivity (Wildman–Crippen MR) is 70.0 cm³/mol. The van der Waals surface area contributed by atoms with E-state index in [1.54, 1.807) is 31.2 Å². The van der Waals surface area contributed by atoms with Gasteiger partial charge in [-0.1, -0.05) is 30.7 Å². The summed E-state index contributed by atoms with van der Waals surface area (Å²) in [5.41, 5.74) is 5.26. The maximum Gasteiger partial charge on any atom is 0.156 e. The minimum atomic E-state index is -3.35. The highest BCUT2D eigenvalue weighted by molar-refractivity contribution is 7.92. The molecule has 18 heavy (non-hydrogen) atoms. The Balaban J connectivity index is 2.45. The van der Waals surface area contributed by atoms with Crippen LogP contribution >= 0.6 is 11.6 Å². The summed E-state index contributed by atoms with van der Waals surface area (Å²) < 4.78 is 23.9. The molecule has 6 heteroatoms. The first-order chi connectivity index (χ1) is 8.36. The van der Waals surface area contributed by atoms with Crippen molar-refractivity contribution in [2.45, 2.75) is 23.6 Å². The van der Waals surface area contributed by atoms with Gasteiger partial charge in [0.05, 0.1) is 6.07 Å². The summed E-state index contributed by atoms with van der Waals surface area (Å²) in [5, 5.41) is 8.80. The minimum absolute atomic E-state index is 0.0185. The van der Waals surface area contributed by atoms with Crippen molar-refractivity contribution in [2.24, 2.45) is 5.73 Å². The molecule has 1 saturated carbocycles. The smallest absolute Gasteiger partial charge is 0.156 e. The van der Waals surface area contributed by atoms with Crippen LogP contribution in [0.5, 0.6) is 0 Å². The third-order valence-corrected chi connectivity index (χ3v) is 5.85. The van der Waals surface area contributed by atoms with E-state index in [1.807, 2.05) is 6.07 Å². The van der Waals surface area contributed by atoms with Gasteiger partial charge in [0.25, 0.3) is 0 Å². The molecule has 1 aromatic rings. The van der Waals surface area contributed by atoms with Gasteiger partial charge in [-0.3, -0.25) is 0 Å². The normalized spacial score (nSPS) is 30.8. The molecule has 0 saturated heterocycles. The first-order valence-electron chi connectivity index (χ1n) is 5.54. The van der Waals surface area contributed by atoms with Gasteiger partial charge in [-0.15, -0.1) is 0 Å². The Bertz CT molecular complexity index is 623. The van der Waals surface area contributed by atoms with Crippen molar-refractivity contribution in [3.8, 4) is 6.07 Å². The lowest BCUT2D eigenvalue weighted by atomic mass is 10.1. The van der Waals surface area contributed by atoms with E-state index in [1.165, 1.54) is 0 Å². The molecule has 0 spiro atoms. The average Bonchev–Trinajstić information content (AvgIpc) is 2.98. The summed E-state index contributed by atoms with van der Waals surface area (Å²) >= 11 is 5.88. The number of sulfone groups is 1. The zero-order valence-corrected chi connectivity index (χ0v) is 11.4. The van der Waals surface area contributed by atoms with Crippen LogP contribution in [-0.2, 0) is 9.84 Å². The van der Waals surface area contributed by atoms with Crippen molar-refractivity contribution in [3.63, 3.8) is 0 Å². The monoisotopic (exact) mass is 284 g/mol. The number of nitriles is 1. The fraction of sp³-hybridized carbons (Fsp3) is 0.417. The van der Waals surface area contributed by atoms with E-state index in [0.717, 1.165) is 0 Å². The molecule has 2 rings (SSSR count). The van der Waals surface area contributed by atoms with E-state index < -0.39 is 26.5 Å². The summed E-state index contributed by atoms with van der Waals surface area (Å²) in [6.07, 6.45) is 0. The molecule has 0 amide bonds. The minimum Gasteiger partial charge on any atom is -0.312 e. The highest BCUT2D eigenvalue weighted by atomic mass is 35.5. The van der Waals surface area contributed by atoms with E-state index in [9.17, 15) is 8.42 Å². The zero-order chi connectivity index (χ0) is 13.6. The quantitative estimate of drug-likeness (QED) is 0.911. The molecule has 1 fully saturated rings. The molecule has 1 aromatic carbocycles.